The number of benzene rings is 2. The molecule has 1 aromatic heterocycles. The van der Waals surface area contributed by atoms with E-state index < -0.39 is 0 Å². The van der Waals surface area contributed by atoms with Crippen molar-refractivity contribution >= 4 is 33.9 Å². The molecule has 3 aromatic rings. The second-order valence-corrected chi connectivity index (χ2v) is 4.71. The SMILES string of the molecule is N#Cc1ccc(Nc2cccc3ncccc23)cc1Cl. The lowest BCUT2D eigenvalue weighted by atomic mass is 10.1. The molecule has 3 nitrogen and oxygen atoms in total. The topological polar surface area (TPSA) is 48.7 Å². The highest BCUT2D eigenvalue weighted by Crippen LogP contribution is 2.27. The molecule has 4 heteroatoms. The number of anilines is 2. The maximum absolute atomic E-state index is 8.88. The highest BCUT2D eigenvalue weighted by molar-refractivity contribution is 6.32. The van der Waals surface area contributed by atoms with E-state index in [1.807, 2.05) is 42.5 Å². The molecule has 1 heterocycles. The fourth-order valence-corrected chi connectivity index (χ4v) is 2.27. The largest absolute Gasteiger partial charge is 0.355 e. The van der Waals surface area contributed by atoms with E-state index in [1.54, 1.807) is 18.3 Å². The van der Waals surface area contributed by atoms with Crippen LogP contribution >= 0.6 is 11.6 Å². The molecule has 2 aromatic carbocycles. The van der Waals surface area contributed by atoms with Crippen molar-refractivity contribution in [3.63, 3.8) is 0 Å². The van der Waals surface area contributed by atoms with Crippen LogP contribution in [0.5, 0.6) is 0 Å². The molecular formula is C16H10ClN3. The molecule has 96 valence electrons. The molecule has 0 saturated heterocycles. The zero-order valence-corrected chi connectivity index (χ0v) is 11.2. The van der Waals surface area contributed by atoms with E-state index in [9.17, 15) is 0 Å². The van der Waals surface area contributed by atoms with Crippen LogP contribution in [0.15, 0.2) is 54.7 Å². The highest BCUT2D eigenvalue weighted by Gasteiger charge is 2.04. The average Bonchev–Trinajstić information content (AvgIpc) is 2.48. The van der Waals surface area contributed by atoms with Gasteiger partial charge in [0, 0.05) is 23.0 Å². The van der Waals surface area contributed by atoms with Crippen LogP contribution in [0.2, 0.25) is 5.02 Å². The Morgan fingerprint density at radius 3 is 2.80 bits per heavy atom. The molecule has 0 aliphatic heterocycles. The minimum atomic E-state index is 0.441. The van der Waals surface area contributed by atoms with Gasteiger partial charge in [-0.15, -0.1) is 0 Å². The van der Waals surface area contributed by atoms with Crippen molar-refractivity contribution in [2.24, 2.45) is 0 Å². The van der Waals surface area contributed by atoms with Gasteiger partial charge < -0.3 is 5.32 Å². The minimum absolute atomic E-state index is 0.441. The molecule has 1 N–H and O–H groups in total. The molecule has 0 saturated carbocycles. The molecule has 20 heavy (non-hydrogen) atoms. The summed E-state index contributed by atoms with van der Waals surface area (Å²) in [6, 6.07) is 17.1. The summed E-state index contributed by atoms with van der Waals surface area (Å²) in [4.78, 5) is 4.32. The summed E-state index contributed by atoms with van der Waals surface area (Å²) in [7, 11) is 0. The lowest BCUT2D eigenvalue weighted by Crippen LogP contribution is -1.92. The van der Waals surface area contributed by atoms with Gasteiger partial charge in [0.05, 0.1) is 16.1 Å². The van der Waals surface area contributed by atoms with E-state index in [0.717, 1.165) is 22.3 Å². The number of nitrogens with one attached hydrogen (secondary N) is 1. The van der Waals surface area contributed by atoms with Gasteiger partial charge in [0.2, 0.25) is 0 Å². The first-order chi connectivity index (χ1) is 9.78. The molecular weight excluding hydrogens is 270 g/mol. The predicted molar refractivity (Wildman–Crippen MR) is 81.2 cm³/mol. The van der Waals surface area contributed by atoms with Crippen molar-refractivity contribution < 1.29 is 0 Å². The summed E-state index contributed by atoms with van der Waals surface area (Å²) >= 11 is 6.04. The second-order valence-electron chi connectivity index (χ2n) is 4.31. The number of hydrogen-bond donors (Lipinski definition) is 1. The molecule has 0 unspecified atom stereocenters. The number of rotatable bonds is 2. The number of nitriles is 1. The van der Waals surface area contributed by atoms with Crippen molar-refractivity contribution in [3.05, 3.63) is 65.3 Å². The fourth-order valence-electron chi connectivity index (χ4n) is 2.05. The molecule has 0 aliphatic carbocycles. The molecule has 0 atom stereocenters. The Kier molecular flexibility index (Phi) is 3.24. The third kappa shape index (κ3) is 2.29. The van der Waals surface area contributed by atoms with Gasteiger partial charge in [-0.05, 0) is 42.5 Å². The van der Waals surface area contributed by atoms with Crippen molar-refractivity contribution in [3.8, 4) is 6.07 Å². The van der Waals surface area contributed by atoms with E-state index in [4.69, 9.17) is 16.9 Å². The smallest absolute Gasteiger partial charge is 0.101 e. The third-order valence-corrected chi connectivity index (χ3v) is 3.33. The first-order valence-corrected chi connectivity index (χ1v) is 6.46. The molecule has 0 radical (unpaired) electrons. The van der Waals surface area contributed by atoms with Crippen molar-refractivity contribution in [2.75, 3.05) is 5.32 Å². The summed E-state index contributed by atoms with van der Waals surface area (Å²) in [6.07, 6.45) is 1.77. The summed E-state index contributed by atoms with van der Waals surface area (Å²) in [5.41, 5.74) is 3.19. The van der Waals surface area contributed by atoms with Crippen LogP contribution in [-0.2, 0) is 0 Å². The monoisotopic (exact) mass is 279 g/mol. The lowest BCUT2D eigenvalue weighted by Gasteiger charge is -2.10. The van der Waals surface area contributed by atoms with Crippen LogP contribution in [0.25, 0.3) is 10.9 Å². The molecule has 3 rings (SSSR count). The Morgan fingerprint density at radius 2 is 2.00 bits per heavy atom. The average molecular weight is 280 g/mol. The number of aromatic nitrogens is 1. The van der Waals surface area contributed by atoms with Crippen LogP contribution in [0.1, 0.15) is 5.56 Å². The van der Waals surface area contributed by atoms with Crippen molar-refractivity contribution in [1.82, 2.24) is 4.98 Å². The standard InChI is InChI=1S/C16H10ClN3/c17-14-9-12(7-6-11(14)10-18)20-16-5-1-4-15-13(16)3-2-8-19-15/h1-9,20H. The Hall–Kier alpha value is -2.57. The molecule has 0 bridgehead atoms. The van der Waals surface area contributed by atoms with Gasteiger partial charge in [0.15, 0.2) is 0 Å². The Bertz CT molecular complexity index is 816. The maximum atomic E-state index is 8.88. The zero-order valence-electron chi connectivity index (χ0n) is 10.5. The summed E-state index contributed by atoms with van der Waals surface area (Å²) < 4.78 is 0. The van der Waals surface area contributed by atoms with Crippen molar-refractivity contribution in [1.29, 1.82) is 5.26 Å². The maximum Gasteiger partial charge on any atom is 0.101 e. The summed E-state index contributed by atoms with van der Waals surface area (Å²) in [5, 5.41) is 13.7. The normalized spacial score (nSPS) is 10.2. The van der Waals surface area contributed by atoms with Gasteiger partial charge >= 0.3 is 0 Å². The van der Waals surface area contributed by atoms with Crippen LogP contribution < -0.4 is 5.32 Å². The molecule has 0 amide bonds. The van der Waals surface area contributed by atoms with Gasteiger partial charge in [-0.25, -0.2) is 0 Å². The minimum Gasteiger partial charge on any atom is -0.355 e. The first-order valence-electron chi connectivity index (χ1n) is 6.08. The van der Waals surface area contributed by atoms with Gasteiger partial charge in [-0.1, -0.05) is 17.7 Å². The third-order valence-electron chi connectivity index (χ3n) is 3.01. The molecule has 0 spiro atoms. The quantitative estimate of drug-likeness (QED) is 0.751. The summed E-state index contributed by atoms with van der Waals surface area (Å²) in [6.45, 7) is 0. The van der Waals surface area contributed by atoms with Crippen LogP contribution in [0, 0.1) is 11.3 Å². The van der Waals surface area contributed by atoms with E-state index >= 15 is 0 Å². The van der Waals surface area contributed by atoms with Crippen LogP contribution in [-0.4, -0.2) is 4.98 Å². The van der Waals surface area contributed by atoms with E-state index in [2.05, 4.69) is 10.3 Å². The van der Waals surface area contributed by atoms with Gasteiger partial charge in [0.25, 0.3) is 0 Å². The number of fused-ring (bicyclic) bond motifs is 1. The number of pyridine rings is 1. The van der Waals surface area contributed by atoms with Gasteiger partial charge in [-0.3, -0.25) is 4.98 Å². The Labute approximate surface area is 121 Å². The number of halogens is 1. The molecule has 0 aliphatic rings. The first kappa shape index (κ1) is 12.5. The lowest BCUT2D eigenvalue weighted by molar-refractivity contribution is 1.41. The second kappa shape index (κ2) is 5.20. The Balaban J connectivity index is 2.02. The van der Waals surface area contributed by atoms with E-state index in [0.29, 0.717) is 10.6 Å². The van der Waals surface area contributed by atoms with E-state index in [1.165, 1.54) is 0 Å². The van der Waals surface area contributed by atoms with E-state index in [-0.39, 0.29) is 0 Å². The van der Waals surface area contributed by atoms with Gasteiger partial charge in [-0.2, -0.15) is 5.26 Å². The van der Waals surface area contributed by atoms with Crippen LogP contribution in [0.3, 0.4) is 0 Å². The summed E-state index contributed by atoms with van der Waals surface area (Å²) in [5.74, 6) is 0. The number of hydrogen-bond acceptors (Lipinski definition) is 3. The highest BCUT2D eigenvalue weighted by atomic mass is 35.5. The fraction of sp³-hybridized carbons (Fsp3) is 0. The van der Waals surface area contributed by atoms with Gasteiger partial charge in [0.1, 0.15) is 6.07 Å². The van der Waals surface area contributed by atoms with Crippen LogP contribution in [0.4, 0.5) is 11.4 Å². The zero-order chi connectivity index (χ0) is 13.9. The predicted octanol–water partition coefficient (Wildman–Crippen LogP) is 4.50. The number of nitrogens with zero attached hydrogens (tertiary/aromatic N) is 2. The molecule has 0 fully saturated rings. The van der Waals surface area contributed by atoms with Crippen molar-refractivity contribution in [2.45, 2.75) is 0 Å². The Morgan fingerprint density at radius 1 is 1.10 bits per heavy atom.